The number of anilines is 1. The minimum atomic E-state index is 1.09. The topological polar surface area (TPSA) is 15.3 Å². The second-order valence-electron chi connectivity index (χ2n) is 5.02. The summed E-state index contributed by atoms with van der Waals surface area (Å²) in [5.41, 5.74) is 1.36. The zero-order valence-electron chi connectivity index (χ0n) is 11.1. The Morgan fingerprint density at radius 1 is 0.800 bits per heavy atom. The predicted octanol–water partition coefficient (Wildman–Crippen LogP) is 3.71. The first-order valence-corrected chi connectivity index (χ1v) is 8.58. The van der Waals surface area contributed by atoms with E-state index >= 15 is 0 Å². The zero-order valence-corrected chi connectivity index (χ0v) is 12.8. The van der Waals surface area contributed by atoms with Gasteiger partial charge in [-0.15, -0.1) is 0 Å². The third-order valence-electron chi connectivity index (χ3n) is 3.70. The molecule has 1 fully saturated rings. The first-order valence-electron chi connectivity index (χ1n) is 6.95. The SMILES string of the molecule is c1ccc2c(c1)Sc1ccc(N3CCNCC3)cc1S2. The fraction of sp³-hybridized carbons (Fsp3) is 0.250. The molecule has 4 rings (SSSR count). The highest BCUT2D eigenvalue weighted by atomic mass is 32.2. The van der Waals surface area contributed by atoms with Gasteiger partial charge in [-0.1, -0.05) is 35.7 Å². The van der Waals surface area contributed by atoms with Crippen molar-refractivity contribution >= 4 is 29.2 Å². The smallest absolute Gasteiger partial charge is 0.0379 e. The van der Waals surface area contributed by atoms with Gasteiger partial charge in [0.2, 0.25) is 0 Å². The van der Waals surface area contributed by atoms with Gasteiger partial charge in [-0.05, 0) is 30.3 Å². The van der Waals surface area contributed by atoms with Crippen LogP contribution in [0, 0.1) is 0 Å². The highest BCUT2D eigenvalue weighted by Crippen LogP contribution is 2.49. The van der Waals surface area contributed by atoms with Gasteiger partial charge in [0.25, 0.3) is 0 Å². The van der Waals surface area contributed by atoms with Crippen molar-refractivity contribution in [1.82, 2.24) is 5.32 Å². The molecule has 1 saturated heterocycles. The lowest BCUT2D eigenvalue weighted by Gasteiger charge is -2.30. The van der Waals surface area contributed by atoms with Crippen molar-refractivity contribution in [2.45, 2.75) is 19.6 Å². The molecule has 0 unspecified atom stereocenters. The second kappa shape index (κ2) is 5.35. The summed E-state index contributed by atoms with van der Waals surface area (Å²) in [4.78, 5) is 8.00. The van der Waals surface area contributed by atoms with E-state index in [4.69, 9.17) is 0 Å². The van der Waals surface area contributed by atoms with E-state index in [1.807, 2.05) is 23.5 Å². The number of hydrogen-bond acceptors (Lipinski definition) is 4. The maximum Gasteiger partial charge on any atom is 0.0379 e. The molecule has 20 heavy (non-hydrogen) atoms. The van der Waals surface area contributed by atoms with Crippen LogP contribution < -0.4 is 10.2 Å². The van der Waals surface area contributed by atoms with Gasteiger partial charge in [0.05, 0.1) is 0 Å². The predicted molar refractivity (Wildman–Crippen MR) is 86.2 cm³/mol. The summed E-state index contributed by atoms with van der Waals surface area (Å²) < 4.78 is 0. The molecule has 0 aliphatic carbocycles. The van der Waals surface area contributed by atoms with Crippen molar-refractivity contribution < 1.29 is 0 Å². The van der Waals surface area contributed by atoms with E-state index in [2.05, 4.69) is 52.7 Å². The molecule has 0 saturated carbocycles. The van der Waals surface area contributed by atoms with Crippen LogP contribution in [0.2, 0.25) is 0 Å². The summed E-state index contributed by atoms with van der Waals surface area (Å²) in [6, 6.07) is 15.6. The molecule has 2 aliphatic heterocycles. The van der Waals surface area contributed by atoms with Gasteiger partial charge in [0, 0.05) is 51.4 Å². The Balaban J connectivity index is 1.65. The van der Waals surface area contributed by atoms with Crippen LogP contribution in [-0.2, 0) is 0 Å². The molecule has 2 aromatic carbocycles. The van der Waals surface area contributed by atoms with Gasteiger partial charge in [0.15, 0.2) is 0 Å². The molecule has 0 bridgehead atoms. The average Bonchev–Trinajstić information content (AvgIpc) is 2.53. The summed E-state index contributed by atoms with van der Waals surface area (Å²) >= 11 is 3.78. The van der Waals surface area contributed by atoms with Crippen molar-refractivity contribution in [1.29, 1.82) is 0 Å². The Hall–Kier alpha value is -1.10. The minimum absolute atomic E-state index is 1.09. The van der Waals surface area contributed by atoms with Crippen molar-refractivity contribution in [3.8, 4) is 0 Å². The molecule has 2 aliphatic rings. The van der Waals surface area contributed by atoms with Crippen molar-refractivity contribution in [3.05, 3.63) is 42.5 Å². The van der Waals surface area contributed by atoms with Crippen molar-refractivity contribution in [2.75, 3.05) is 31.1 Å². The molecule has 1 N–H and O–H groups in total. The molecule has 2 aromatic rings. The third kappa shape index (κ3) is 2.32. The van der Waals surface area contributed by atoms with E-state index in [1.165, 1.54) is 25.3 Å². The Labute approximate surface area is 127 Å². The molecule has 0 amide bonds. The Morgan fingerprint density at radius 2 is 1.45 bits per heavy atom. The fourth-order valence-corrected chi connectivity index (χ4v) is 4.88. The lowest BCUT2D eigenvalue weighted by Crippen LogP contribution is -2.43. The number of nitrogens with zero attached hydrogens (tertiary/aromatic N) is 1. The maximum absolute atomic E-state index is 3.41. The molecule has 102 valence electrons. The first kappa shape index (κ1) is 12.6. The first-order chi connectivity index (χ1) is 9.90. The molecule has 2 nitrogen and oxygen atoms in total. The number of fused-ring (bicyclic) bond motifs is 2. The molecule has 0 spiro atoms. The van der Waals surface area contributed by atoms with Gasteiger partial charge in [0.1, 0.15) is 0 Å². The van der Waals surface area contributed by atoms with E-state index in [1.54, 1.807) is 0 Å². The van der Waals surface area contributed by atoms with E-state index in [9.17, 15) is 0 Å². The highest BCUT2D eigenvalue weighted by molar-refractivity contribution is 8.05. The normalized spacial score (nSPS) is 17.5. The summed E-state index contributed by atoms with van der Waals surface area (Å²) in [5.74, 6) is 0. The van der Waals surface area contributed by atoms with Gasteiger partial charge < -0.3 is 10.2 Å². The van der Waals surface area contributed by atoms with E-state index in [0.717, 1.165) is 26.2 Å². The summed E-state index contributed by atoms with van der Waals surface area (Å²) in [5, 5.41) is 3.41. The van der Waals surface area contributed by atoms with Gasteiger partial charge in [-0.2, -0.15) is 0 Å². The Morgan fingerprint density at radius 3 is 2.20 bits per heavy atom. The van der Waals surface area contributed by atoms with Crippen LogP contribution in [0.15, 0.2) is 62.0 Å². The fourth-order valence-electron chi connectivity index (χ4n) is 2.64. The standard InChI is InChI=1S/C16H16N2S2/c1-2-4-14-13(3-1)19-15-6-5-12(11-16(15)20-14)18-9-7-17-8-10-18/h1-6,11,17H,7-10H2. The highest BCUT2D eigenvalue weighted by Gasteiger charge is 2.18. The minimum Gasteiger partial charge on any atom is -0.369 e. The van der Waals surface area contributed by atoms with Gasteiger partial charge in [-0.25, -0.2) is 0 Å². The molecule has 0 aromatic heterocycles. The molecule has 2 heterocycles. The van der Waals surface area contributed by atoms with E-state index in [0.29, 0.717) is 0 Å². The van der Waals surface area contributed by atoms with Crippen LogP contribution in [-0.4, -0.2) is 26.2 Å². The van der Waals surface area contributed by atoms with Crippen molar-refractivity contribution in [2.24, 2.45) is 0 Å². The van der Waals surface area contributed by atoms with Crippen molar-refractivity contribution in [3.63, 3.8) is 0 Å². The number of piperazine rings is 1. The van der Waals surface area contributed by atoms with Gasteiger partial charge in [-0.3, -0.25) is 0 Å². The lowest BCUT2D eigenvalue weighted by atomic mass is 10.2. The quantitative estimate of drug-likeness (QED) is 0.736. The molecule has 0 atom stereocenters. The van der Waals surface area contributed by atoms with Crippen LogP contribution >= 0.6 is 23.5 Å². The van der Waals surface area contributed by atoms with Crippen LogP contribution in [0.5, 0.6) is 0 Å². The summed E-state index contributed by atoms with van der Waals surface area (Å²) in [6.07, 6.45) is 0. The Kier molecular flexibility index (Phi) is 3.38. The summed E-state index contributed by atoms with van der Waals surface area (Å²) in [6.45, 7) is 4.38. The number of nitrogens with one attached hydrogen (secondary N) is 1. The van der Waals surface area contributed by atoms with Gasteiger partial charge >= 0.3 is 0 Å². The third-order valence-corrected chi connectivity index (χ3v) is 6.24. The second-order valence-corrected chi connectivity index (χ2v) is 7.19. The van der Waals surface area contributed by atoms with E-state index in [-0.39, 0.29) is 0 Å². The number of benzene rings is 2. The largest absolute Gasteiger partial charge is 0.369 e. The molecule has 4 heteroatoms. The van der Waals surface area contributed by atoms with E-state index < -0.39 is 0 Å². The van der Waals surface area contributed by atoms with Crippen LogP contribution in [0.1, 0.15) is 0 Å². The number of hydrogen-bond donors (Lipinski definition) is 1. The average molecular weight is 300 g/mol. The molecular weight excluding hydrogens is 284 g/mol. The Bertz CT molecular complexity index is 636. The van der Waals surface area contributed by atoms with Crippen LogP contribution in [0.4, 0.5) is 5.69 Å². The molecule has 0 radical (unpaired) electrons. The maximum atomic E-state index is 3.41. The number of rotatable bonds is 1. The zero-order chi connectivity index (χ0) is 13.4. The molecular formula is C16H16N2S2. The van der Waals surface area contributed by atoms with Crippen LogP contribution in [0.3, 0.4) is 0 Å². The monoisotopic (exact) mass is 300 g/mol. The van der Waals surface area contributed by atoms with Crippen LogP contribution in [0.25, 0.3) is 0 Å². The lowest BCUT2D eigenvalue weighted by molar-refractivity contribution is 0.589. The summed E-state index contributed by atoms with van der Waals surface area (Å²) in [7, 11) is 0.